The molecule has 0 aliphatic heterocycles. The second kappa shape index (κ2) is 9.97. The lowest BCUT2D eigenvalue weighted by Crippen LogP contribution is -2.44. The topological polar surface area (TPSA) is 65.9 Å². The molecule has 0 fully saturated rings. The molecule has 2 rings (SSSR count). The van der Waals surface area contributed by atoms with Crippen molar-refractivity contribution in [2.75, 3.05) is 13.1 Å². The van der Waals surface area contributed by atoms with E-state index in [-0.39, 0.29) is 6.10 Å². The highest BCUT2D eigenvalue weighted by atomic mass is 16.5. The molecule has 0 bridgehead atoms. The number of guanidine groups is 1. The number of nitrogens with zero attached hydrogens (tertiary/aromatic N) is 1. The molecule has 5 nitrogen and oxygen atoms in total. The molecular formula is C22H31N3O2. The zero-order chi connectivity index (χ0) is 19.7. The number of nitrogens with one attached hydrogen (secondary N) is 2. The van der Waals surface area contributed by atoms with E-state index in [2.05, 4.69) is 15.6 Å². The quantitative estimate of drug-likeness (QED) is 0.493. The summed E-state index contributed by atoms with van der Waals surface area (Å²) in [6, 6.07) is 17.6. The molecule has 1 atom stereocenters. The van der Waals surface area contributed by atoms with E-state index in [0.717, 1.165) is 23.4 Å². The molecule has 5 heteroatoms. The smallest absolute Gasteiger partial charge is 0.191 e. The first-order chi connectivity index (χ1) is 12.9. The van der Waals surface area contributed by atoms with Crippen LogP contribution in [0.1, 0.15) is 38.8 Å². The van der Waals surface area contributed by atoms with Gasteiger partial charge in [0, 0.05) is 6.54 Å². The van der Waals surface area contributed by atoms with Crippen LogP contribution in [-0.4, -0.2) is 30.3 Å². The van der Waals surface area contributed by atoms with Crippen LogP contribution in [0.25, 0.3) is 0 Å². The summed E-state index contributed by atoms with van der Waals surface area (Å²) in [5.74, 6) is 1.54. The Morgan fingerprint density at radius 1 is 1.07 bits per heavy atom. The van der Waals surface area contributed by atoms with Gasteiger partial charge in [-0.2, -0.15) is 0 Å². The summed E-state index contributed by atoms with van der Waals surface area (Å²) in [6.45, 7) is 9.50. The molecule has 0 saturated carbocycles. The van der Waals surface area contributed by atoms with E-state index in [0.29, 0.717) is 19.0 Å². The van der Waals surface area contributed by atoms with E-state index in [1.54, 1.807) is 6.92 Å². The molecule has 0 aliphatic carbocycles. The summed E-state index contributed by atoms with van der Waals surface area (Å²) in [6.07, 6.45) is 0.163. The number of hydrogen-bond acceptors (Lipinski definition) is 3. The van der Waals surface area contributed by atoms with Crippen molar-refractivity contribution in [1.29, 1.82) is 0 Å². The summed E-state index contributed by atoms with van der Waals surface area (Å²) in [7, 11) is 0. The highest BCUT2D eigenvalue weighted by molar-refractivity contribution is 5.79. The molecule has 3 N–H and O–H groups in total. The highest BCUT2D eigenvalue weighted by Crippen LogP contribution is 2.19. The van der Waals surface area contributed by atoms with Crippen LogP contribution in [0, 0.1) is 0 Å². The van der Waals surface area contributed by atoms with Crippen molar-refractivity contribution in [3.63, 3.8) is 0 Å². The SMILES string of the molecule is CCNC(=NCc1ccc(OC(C)C)cc1)NCC(C)(O)c1ccccc1. The number of ether oxygens (including phenoxy) is 1. The highest BCUT2D eigenvalue weighted by Gasteiger charge is 2.22. The van der Waals surface area contributed by atoms with Gasteiger partial charge in [-0.25, -0.2) is 4.99 Å². The minimum absolute atomic E-state index is 0.163. The largest absolute Gasteiger partial charge is 0.491 e. The van der Waals surface area contributed by atoms with Crippen molar-refractivity contribution in [2.45, 2.75) is 45.9 Å². The molecular weight excluding hydrogens is 338 g/mol. The minimum Gasteiger partial charge on any atom is -0.491 e. The standard InChI is InChI=1S/C22H31N3O2/c1-5-23-21(25-16-22(4,26)19-9-7-6-8-10-19)24-15-18-11-13-20(14-12-18)27-17(2)3/h6-14,17,26H,5,15-16H2,1-4H3,(H2,23,24,25). The second-order valence-electron chi connectivity index (χ2n) is 7.00. The fraction of sp³-hybridized carbons (Fsp3) is 0.409. The average molecular weight is 370 g/mol. The lowest BCUT2D eigenvalue weighted by molar-refractivity contribution is 0.0617. The maximum Gasteiger partial charge on any atom is 0.191 e. The minimum atomic E-state index is -0.979. The van der Waals surface area contributed by atoms with Gasteiger partial charge in [0.1, 0.15) is 11.4 Å². The Kier molecular flexibility index (Phi) is 7.67. The van der Waals surface area contributed by atoms with Gasteiger partial charge in [-0.1, -0.05) is 42.5 Å². The van der Waals surface area contributed by atoms with Gasteiger partial charge < -0.3 is 20.5 Å². The molecule has 27 heavy (non-hydrogen) atoms. The van der Waals surface area contributed by atoms with Gasteiger partial charge in [-0.05, 0) is 51.0 Å². The van der Waals surface area contributed by atoms with Crippen molar-refractivity contribution in [3.05, 3.63) is 65.7 Å². The normalized spacial score (nSPS) is 13.9. The van der Waals surface area contributed by atoms with E-state index in [4.69, 9.17) is 4.74 Å². The van der Waals surface area contributed by atoms with E-state index < -0.39 is 5.60 Å². The van der Waals surface area contributed by atoms with Crippen LogP contribution in [-0.2, 0) is 12.1 Å². The summed E-state index contributed by atoms with van der Waals surface area (Å²) in [4.78, 5) is 4.61. The van der Waals surface area contributed by atoms with E-state index in [9.17, 15) is 5.11 Å². The van der Waals surface area contributed by atoms with Gasteiger partial charge in [0.05, 0.1) is 19.2 Å². The van der Waals surface area contributed by atoms with Gasteiger partial charge >= 0.3 is 0 Å². The van der Waals surface area contributed by atoms with E-state index >= 15 is 0 Å². The summed E-state index contributed by atoms with van der Waals surface area (Å²) in [5, 5.41) is 17.2. The monoisotopic (exact) mass is 369 g/mol. The van der Waals surface area contributed by atoms with Gasteiger partial charge in [-0.3, -0.25) is 0 Å². The summed E-state index contributed by atoms with van der Waals surface area (Å²) in [5.41, 5.74) is 0.986. The van der Waals surface area contributed by atoms with Crippen molar-refractivity contribution in [2.24, 2.45) is 4.99 Å². The van der Waals surface area contributed by atoms with Crippen LogP contribution in [0.4, 0.5) is 0 Å². The number of hydrogen-bond donors (Lipinski definition) is 3. The Morgan fingerprint density at radius 3 is 2.33 bits per heavy atom. The molecule has 0 saturated heterocycles. The first-order valence-electron chi connectivity index (χ1n) is 9.46. The van der Waals surface area contributed by atoms with Gasteiger partial charge in [0.15, 0.2) is 5.96 Å². The maximum absolute atomic E-state index is 10.7. The molecule has 0 amide bonds. The van der Waals surface area contributed by atoms with Crippen molar-refractivity contribution < 1.29 is 9.84 Å². The third kappa shape index (κ3) is 6.94. The first kappa shape index (κ1) is 20.8. The zero-order valence-electron chi connectivity index (χ0n) is 16.7. The maximum atomic E-state index is 10.7. The zero-order valence-corrected chi connectivity index (χ0v) is 16.7. The third-order valence-corrected chi connectivity index (χ3v) is 4.05. The molecule has 0 heterocycles. The predicted octanol–water partition coefficient (Wildman–Crippen LogP) is 3.44. The number of aliphatic imine (C=N–C) groups is 1. The number of benzene rings is 2. The fourth-order valence-electron chi connectivity index (χ4n) is 2.61. The van der Waals surface area contributed by atoms with Gasteiger partial charge in [-0.15, -0.1) is 0 Å². The molecule has 0 aliphatic rings. The molecule has 0 aromatic heterocycles. The average Bonchev–Trinajstić information content (AvgIpc) is 2.65. The Labute approximate surface area is 162 Å². The predicted molar refractivity (Wildman–Crippen MR) is 111 cm³/mol. The number of rotatable bonds is 8. The molecule has 1 unspecified atom stereocenters. The number of aliphatic hydroxyl groups is 1. The summed E-state index contributed by atoms with van der Waals surface area (Å²) < 4.78 is 5.66. The van der Waals surface area contributed by atoms with E-state index in [1.165, 1.54) is 0 Å². The van der Waals surface area contributed by atoms with Crippen LogP contribution in [0.5, 0.6) is 5.75 Å². The Balaban J connectivity index is 1.97. The summed E-state index contributed by atoms with van der Waals surface area (Å²) >= 11 is 0. The lowest BCUT2D eigenvalue weighted by atomic mass is 9.96. The molecule has 0 radical (unpaired) electrons. The van der Waals surface area contributed by atoms with Gasteiger partial charge in [0.25, 0.3) is 0 Å². The molecule has 2 aromatic rings. The van der Waals surface area contributed by atoms with Crippen LogP contribution in [0.3, 0.4) is 0 Å². The van der Waals surface area contributed by atoms with Crippen molar-refractivity contribution in [3.8, 4) is 5.75 Å². The van der Waals surface area contributed by atoms with E-state index in [1.807, 2.05) is 75.4 Å². The third-order valence-electron chi connectivity index (χ3n) is 4.05. The Bertz CT molecular complexity index is 710. The molecule has 2 aromatic carbocycles. The molecule has 146 valence electrons. The lowest BCUT2D eigenvalue weighted by Gasteiger charge is -2.25. The molecule has 0 spiro atoms. The Morgan fingerprint density at radius 2 is 1.74 bits per heavy atom. The van der Waals surface area contributed by atoms with Crippen molar-refractivity contribution >= 4 is 5.96 Å². The van der Waals surface area contributed by atoms with Crippen LogP contribution in [0.15, 0.2) is 59.6 Å². The van der Waals surface area contributed by atoms with Crippen LogP contribution < -0.4 is 15.4 Å². The fourth-order valence-corrected chi connectivity index (χ4v) is 2.61. The van der Waals surface area contributed by atoms with Crippen molar-refractivity contribution in [1.82, 2.24) is 10.6 Å². The van der Waals surface area contributed by atoms with Crippen LogP contribution >= 0.6 is 0 Å². The first-order valence-corrected chi connectivity index (χ1v) is 9.46. The Hall–Kier alpha value is -2.53. The second-order valence-corrected chi connectivity index (χ2v) is 7.00. The van der Waals surface area contributed by atoms with Crippen LogP contribution in [0.2, 0.25) is 0 Å². The van der Waals surface area contributed by atoms with Gasteiger partial charge in [0.2, 0.25) is 0 Å².